The number of nitrogens with one attached hydrogen (secondary N) is 1. The van der Waals surface area contributed by atoms with Crippen LogP contribution in [0.15, 0.2) is 65.8 Å². The normalized spacial score (nSPS) is 19.0. The molecule has 2 heterocycles. The molecular formula is C26H24ClF3N6O3. The Labute approximate surface area is 226 Å². The molecule has 2 amide bonds. The number of alkyl halides is 3. The number of aliphatic imine (C=N–C) groups is 1. The number of amides is 2. The maximum atomic E-state index is 13.6. The Morgan fingerprint density at radius 2 is 1.85 bits per heavy atom. The number of hydrogen-bond acceptors (Lipinski definition) is 6. The van der Waals surface area contributed by atoms with E-state index in [0.717, 1.165) is 11.3 Å². The van der Waals surface area contributed by atoms with E-state index in [0.29, 0.717) is 16.1 Å². The van der Waals surface area contributed by atoms with E-state index >= 15 is 0 Å². The number of benzene rings is 2. The number of ether oxygens (including phenoxy) is 1. The summed E-state index contributed by atoms with van der Waals surface area (Å²) in [5, 5.41) is 6.50. The highest BCUT2D eigenvalue weighted by atomic mass is 35.5. The summed E-state index contributed by atoms with van der Waals surface area (Å²) < 4.78 is 46.7. The minimum absolute atomic E-state index is 0.112. The Kier molecular flexibility index (Phi) is 6.75. The number of carbonyl (C=O) groups is 2. The first-order valence-corrected chi connectivity index (χ1v) is 12.4. The minimum Gasteiger partial charge on any atom is -0.447 e. The van der Waals surface area contributed by atoms with E-state index in [1.807, 2.05) is 30.6 Å². The Morgan fingerprint density at radius 3 is 2.41 bits per heavy atom. The highest BCUT2D eigenvalue weighted by molar-refractivity contribution is 6.30. The van der Waals surface area contributed by atoms with E-state index in [2.05, 4.69) is 10.1 Å². The number of hydrogen-bond donors (Lipinski definition) is 2. The van der Waals surface area contributed by atoms with Crippen molar-refractivity contribution >= 4 is 29.6 Å². The molecule has 9 nitrogen and oxygen atoms in total. The average molecular weight is 561 g/mol. The molecule has 3 aromatic rings. The van der Waals surface area contributed by atoms with Crippen molar-refractivity contribution in [3.05, 3.63) is 76.9 Å². The van der Waals surface area contributed by atoms with E-state index in [4.69, 9.17) is 22.1 Å². The van der Waals surface area contributed by atoms with Crippen molar-refractivity contribution in [2.24, 2.45) is 17.8 Å². The summed E-state index contributed by atoms with van der Waals surface area (Å²) in [5.74, 6) is -0.586. The predicted molar refractivity (Wildman–Crippen MR) is 137 cm³/mol. The second-order valence-corrected chi connectivity index (χ2v) is 9.87. The number of aryl methyl sites for hydroxylation is 1. The number of nitrogens with two attached hydrogens (primary N) is 1. The number of nitrogens with zero attached hydrogens (tertiary/aromatic N) is 4. The first-order valence-electron chi connectivity index (χ1n) is 12.0. The van der Waals surface area contributed by atoms with Crippen molar-refractivity contribution in [1.29, 1.82) is 0 Å². The van der Waals surface area contributed by atoms with Crippen molar-refractivity contribution in [3.63, 3.8) is 0 Å². The summed E-state index contributed by atoms with van der Waals surface area (Å²) in [4.78, 5) is 31.4. The van der Waals surface area contributed by atoms with Crippen molar-refractivity contribution in [2.75, 3.05) is 6.61 Å². The highest BCUT2D eigenvalue weighted by Crippen LogP contribution is 2.49. The van der Waals surface area contributed by atoms with Gasteiger partial charge in [0.05, 0.1) is 11.7 Å². The van der Waals surface area contributed by atoms with Gasteiger partial charge in [-0.1, -0.05) is 48.0 Å². The molecule has 0 spiro atoms. The molecule has 1 saturated carbocycles. The quantitative estimate of drug-likeness (QED) is 0.441. The number of alkyl carbamates (subject to hydrolysis) is 1. The van der Waals surface area contributed by atoms with Crippen molar-refractivity contribution < 1.29 is 27.5 Å². The molecule has 1 aromatic heterocycles. The van der Waals surface area contributed by atoms with Gasteiger partial charge in [-0.2, -0.15) is 18.3 Å². The zero-order chi connectivity index (χ0) is 27.9. The second kappa shape index (κ2) is 9.92. The van der Waals surface area contributed by atoms with E-state index in [9.17, 15) is 22.8 Å². The van der Waals surface area contributed by atoms with Crippen LogP contribution < -0.4 is 11.1 Å². The molecule has 3 N–H and O–H groups in total. The molecule has 39 heavy (non-hydrogen) atoms. The molecule has 2 aliphatic rings. The zero-order valence-electron chi connectivity index (χ0n) is 20.7. The Balaban J connectivity index is 1.36. The zero-order valence-corrected chi connectivity index (χ0v) is 21.4. The van der Waals surface area contributed by atoms with Gasteiger partial charge >= 0.3 is 12.3 Å². The summed E-state index contributed by atoms with van der Waals surface area (Å²) in [6.45, 7) is -0.463. The number of aromatic nitrogens is 2. The Morgan fingerprint density at radius 1 is 1.18 bits per heavy atom. The van der Waals surface area contributed by atoms with Crippen LogP contribution in [0.5, 0.6) is 0 Å². The fourth-order valence-electron chi connectivity index (χ4n) is 4.51. The molecule has 2 unspecified atom stereocenters. The summed E-state index contributed by atoms with van der Waals surface area (Å²) >= 11 is 6.01. The molecule has 2 aromatic carbocycles. The third kappa shape index (κ3) is 5.16. The summed E-state index contributed by atoms with van der Waals surface area (Å²) in [5.41, 5.74) is 6.77. The van der Waals surface area contributed by atoms with Crippen LogP contribution in [0.4, 0.5) is 18.0 Å². The van der Waals surface area contributed by atoms with Gasteiger partial charge in [-0.3, -0.25) is 14.4 Å². The van der Waals surface area contributed by atoms with Gasteiger partial charge in [0.25, 0.3) is 5.91 Å². The van der Waals surface area contributed by atoms with Crippen LogP contribution in [0, 0.1) is 0 Å². The summed E-state index contributed by atoms with van der Waals surface area (Å²) in [6.07, 6.45) is -4.61. The van der Waals surface area contributed by atoms with E-state index in [-0.39, 0.29) is 18.8 Å². The van der Waals surface area contributed by atoms with Crippen LogP contribution in [-0.2, 0) is 16.6 Å². The van der Waals surface area contributed by atoms with Gasteiger partial charge in [0.2, 0.25) is 0 Å². The van der Waals surface area contributed by atoms with E-state index < -0.39 is 42.4 Å². The van der Waals surface area contributed by atoms with Crippen LogP contribution in [0.25, 0.3) is 11.3 Å². The lowest BCUT2D eigenvalue weighted by atomic mass is 10.0. The topological polar surface area (TPSA) is 115 Å². The van der Waals surface area contributed by atoms with E-state index in [1.54, 1.807) is 47.3 Å². The predicted octanol–water partition coefficient (Wildman–Crippen LogP) is 4.50. The molecule has 0 saturated heterocycles. The van der Waals surface area contributed by atoms with Crippen LogP contribution >= 0.6 is 11.6 Å². The lowest BCUT2D eigenvalue weighted by molar-refractivity contribution is -0.164. The number of halogens is 4. The first-order chi connectivity index (χ1) is 18.5. The van der Waals surface area contributed by atoms with Crippen molar-refractivity contribution in [1.82, 2.24) is 20.0 Å². The van der Waals surface area contributed by atoms with Gasteiger partial charge in [-0.05, 0) is 47.7 Å². The molecule has 5 rings (SSSR count). The van der Waals surface area contributed by atoms with Crippen molar-refractivity contribution in [3.8, 4) is 11.3 Å². The molecule has 1 fully saturated rings. The minimum atomic E-state index is -4.59. The van der Waals surface area contributed by atoms with Gasteiger partial charge in [0.1, 0.15) is 12.1 Å². The third-order valence-corrected chi connectivity index (χ3v) is 7.15. The van der Waals surface area contributed by atoms with Crippen LogP contribution in [0.2, 0.25) is 5.02 Å². The number of rotatable bonds is 7. The van der Waals surface area contributed by atoms with Gasteiger partial charge in [-0.25, -0.2) is 9.79 Å². The van der Waals surface area contributed by atoms with Gasteiger partial charge < -0.3 is 15.8 Å². The molecule has 1 aliphatic heterocycles. The van der Waals surface area contributed by atoms with E-state index in [1.165, 1.54) is 4.90 Å². The monoisotopic (exact) mass is 560 g/mol. The third-order valence-electron chi connectivity index (χ3n) is 6.90. The second-order valence-electron chi connectivity index (χ2n) is 9.43. The summed E-state index contributed by atoms with van der Waals surface area (Å²) in [6, 6.07) is 13.5. The van der Waals surface area contributed by atoms with Crippen LogP contribution in [0.1, 0.15) is 36.1 Å². The number of carbonyl (C=O) groups excluding carboxylic acids is 2. The largest absolute Gasteiger partial charge is 0.447 e. The van der Waals surface area contributed by atoms with Crippen molar-refractivity contribution in [2.45, 2.75) is 36.6 Å². The maximum Gasteiger partial charge on any atom is 0.411 e. The molecule has 0 bridgehead atoms. The van der Waals surface area contributed by atoms with Crippen LogP contribution in [0.3, 0.4) is 0 Å². The van der Waals surface area contributed by atoms with Crippen LogP contribution in [-0.4, -0.2) is 51.0 Å². The molecular weight excluding hydrogens is 537 g/mol. The summed E-state index contributed by atoms with van der Waals surface area (Å²) in [7, 11) is 1.82. The van der Waals surface area contributed by atoms with Gasteiger partial charge in [0.15, 0.2) is 12.0 Å². The smallest absolute Gasteiger partial charge is 0.411 e. The first kappa shape index (κ1) is 26.5. The van der Waals surface area contributed by atoms with Gasteiger partial charge in [-0.15, -0.1) is 0 Å². The maximum absolute atomic E-state index is 13.6. The SMILES string of the molecule is Cn1nccc1-c1ccc(C2N=C(N)N(C(COC(=O)NC3(C(F)(F)F)CC3)c3ccc(Cl)cc3)C2=O)cc1. The lowest BCUT2D eigenvalue weighted by Gasteiger charge is -2.28. The van der Waals surface area contributed by atoms with Gasteiger partial charge in [0, 0.05) is 18.3 Å². The Hall–Kier alpha value is -4.06. The standard InChI is InChI=1S/C26H24ClF3N6O3/c1-35-19(10-13-32-35)15-2-4-17(5-3-15)21-22(37)36(23(31)33-21)20(16-6-8-18(27)9-7-16)14-39-24(38)34-25(11-12-25)26(28,29)30/h2-10,13,20-21H,11-12,14H2,1H3,(H2,31,33)(H,34,38). The molecule has 0 radical (unpaired) electrons. The fraction of sp³-hybridized carbons (Fsp3) is 0.308. The average Bonchev–Trinajstić information content (AvgIpc) is 3.47. The Bertz CT molecular complexity index is 1420. The molecule has 13 heteroatoms. The molecule has 204 valence electrons. The lowest BCUT2D eigenvalue weighted by Crippen LogP contribution is -2.49. The fourth-order valence-corrected chi connectivity index (χ4v) is 4.64. The molecule has 2 atom stereocenters. The number of guanidine groups is 1. The molecule has 1 aliphatic carbocycles. The highest BCUT2D eigenvalue weighted by Gasteiger charge is 2.64.